The molecule has 0 saturated heterocycles. The summed E-state index contributed by atoms with van der Waals surface area (Å²) >= 11 is 0. The molecule has 1 rings (SSSR count). The number of rotatable bonds is 5. The largest absolute Gasteiger partial charge is 0.478 e. The second kappa shape index (κ2) is 5.94. The zero-order valence-electron chi connectivity index (χ0n) is 10.5. The molecule has 0 unspecified atom stereocenters. The number of hydrogen-bond donors (Lipinski definition) is 2. The normalized spacial score (nSPS) is 10.3. The van der Waals surface area contributed by atoms with E-state index >= 15 is 0 Å². The maximum absolute atomic E-state index is 11.8. The molecule has 0 aliphatic heterocycles. The molecule has 0 saturated carbocycles. The average molecular weight is 266 g/mol. The maximum atomic E-state index is 11.8. The molecule has 0 fully saturated rings. The van der Waals surface area contributed by atoms with Gasteiger partial charge < -0.3 is 10.4 Å². The van der Waals surface area contributed by atoms with Crippen LogP contribution in [0.3, 0.4) is 0 Å². The van der Waals surface area contributed by atoms with E-state index in [2.05, 4.69) is 5.32 Å². The highest BCUT2D eigenvalue weighted by Gasteiger charge is 2.17. The molecule has 0 aliphatic carbocycles. The van der Waals surface area contributed by atoms with Gasteiger partial charge in [-0.2, -0.15) is 0 Å². The number of nitro benzene ring substituents is 1. The zero-order valence-corrected chi connectivity index (χ0v) is 10.5. The molecule has 0 spiro atoms. The quantitative estimate of drug-likeness (QED) is 0.622. The lowest BCUT2D eigenvalue weighted by atomic mass is 10.1. The minimum absolute atomic E-state index is 0.0350. The molecule has 0 aliphatic rings. The summed E-state index contributed by atoms with van der Waals surface area (Å²) < 4.78 is 0. The molecule has 1 aromatic carbocycles. The van der Waals surface area contributed by atoms with Crippen LogP contribution in [0.2, 0.25) is 0 Å². The highest BCUT2D eigenvalue weighted by Crippen LogP contribution is 2.17. The summed E-state index contributed by atoms with van der Waals surface area (Å²) in [5.74, 6) is -1.62. The predicted molar refractivity (Wildman–Crippen MR) is 67.2 cm³/mol. The first-order valence-corrected chi connectivity index (χ1v) is 5.62. The molecule has 0 bridgehead atoms. The number of carbonyl (C=O) groups excluding carboxylic acids is 1. The van der Waals surface area contributed by atoms with E-state index in [-0.39, 0.29) is 17.0 Å². The van der Waals surface area contributed by atoms with Gasteiger partial charge in [0, 0.05) is 24.2 Å². The Labute approximate surface area is 109 Å². The summed E-state index contributed by atoms with van der Waals surface area (Å²) in [6, 6.07) is 3.09. The van der Waals surface area contributed by atoms with Crippen LogP contribution in [0.5, 0.6) is 0 Å². The van der Waals surface area contributed by atoms with E-state index in [1.807, 2.05) is 13.8 Å². The molecule has 1 amide bonds. The maximum Gasteiger partial charge on any atom is 0.335 e. The number of nitro groups is 1. The van der Waals surface area contributed by atoms with Gasteiger partial charge in [-0.25, -0.2) is 4.79 Å². The third-order valence-electron chi connectivity index (χ3n) is 2.31. The zero-order chi connectivity index (χ0) is 14.6. The van der Waals surface area contributed by atoms with Gasteiger partial charge in [-0.05, 0) is 12.0 Å². The van der Waals surface area contributed by atoms with Crippen molar-refractivity contribution in [2.75, 3.05) is 6.54 Å². The fourth-order valence-corrected chi connectivity index (χ4v) is 1.37. The van der Waals surface area contributed by atoms with Crippen molar-refractivity contribution in [1.82, 2.24) is 5.32 Å². The van der Waals surface area contributed by atoms with Gasteiger partial charge >= 0.3 is 5.97 Å². The number of aromatic carboxylic acids is 1. The van der Waals surface area contributed by atoms with Gasteiger partial charge in [0.2, 0.25) is 0 Å². The topological polar surface area (TPSA) is 110 Å². The van der Waals surface area contributed by atoms with Crippen molar-refractivity contribution >= 4 is 17.6 Å². The molecule has 0 heterocycles. The third kappa shape index (κ3) is 4.06. The van der Waals surface area contributed by atoms with Crippen LogP contribution in [-0.4, -0.2) is 28.5 Å². The van der Waals surface area contributed by atoms with Gasteiger partial charge in [0.05, 0.1) is 10.5 Å². The summed E-state index contributed by atoms with van der Waals surface area (Å²) in [6.07, 6.45) is 0. The SMILES string of the molecule is CC(C)CNC(=O)c1cc(C(=O)O)cc([N+](=O)[O-])c1. The third-order valence-corrected chi connectivity index (χ3v) is 2.31. The fourth-order valence-electron chi connectivity index (χ4n) is 1.37. The van der Waals surface area contributed by atoms with Crippen molar-refractivity contribution in [3.63, 3.8) is 0 Å². The second-order valence-electron chi connectivity index (χ2n) is 4.43. The second-order valence-corrected chi connectivity index (χ2v) is 4.43. The number of amides is 1. The number of hydrogen-bond acceptors (Lipinski definition) is 4. The van der Waals surface area contributed by atoms with Crippen molar-refractivity contribution in [1.29, 1.82) is 0 Å². The number of carboxylic acids is 1. The van der Waals surface area contributed by atoms with Gasteiger partial charge in [-0.1, -0.05) is 13.8 Å². The van der Waals surface area contributed by atoms with Crippen LogP contribution in [-0.2, 0) is 0 Å². The van der Waals surface area contributed by atoms with Crippen molar-refractivity contribution in [3.05, 3.63) is 39.4 Å². The molecule has 7 heteroatoms. The Hall–Kier alpha value is -2.44. The molecule has 19 heavy (non-hydrogen) atoms. The van der Waals surface area contributed by atoms with Gasteiger partial charge in [0.25, 0.3) is 11.6 Å². The van der Waals surface area contributed by atoms with Crippen LogP contribution in [0.4, 0.5) is 5.69 Å². The van der Waals surface area contributed by atoms with E-state index in [0.29, 0.717) is 6.54 Å². The average Bonchev–Trinajstić information content (AvgIpc) is 2.35. The summed E-state index contributed by atoms with van der Waals surface area (Å²) in [7, 11) is 0. The fraction of sp³-hybridized carbons (Fsp3) is 0.333. The first kappa shape index (κ1) is 14.6. The Bertz CT molecular complexity index is 493. The number of benzene rings is 1. The van der Waals surface area contributed by atoms with E-state index < -0.39 is 22.5 Å². The van der Waals surface area contributed by atoms with E-state index in [1.165, 1.54) is 0 Å². The molecule has 1 aromatic rings. The Kier molecular flexibility index (Phi) is 4.57. The van der Waals surface area contributed by atoms with Crippen LogP contribution in [0.25, 0.3) is 0 Å². The molecule has 0 radical (unpaired) electrons. The van der Waals surface area contributed by atoms with Gasteiger partial charge in [0.15, 0.2) is 0 Å². The summed E-state index contributed by atoms with van der Waals surface area (Å²) in [4.78, 5) is 32.6. The van der Waals surface area contributed by atoms with Gasteiger partial charge in [-0.15, -0.1) is 0 Å². The first-order chi connectivity index (χ1) is 8.81. The number of non-ortho nitro benzene ring substituents is 1. The number of carboxylic acid groups (broad SMARTS) is 1. The van der Waals surface area contributed by atoms with Crippen LogP contribution in [0.15, 0.2) is 18.2 Å². The molecule has 7 nitrogen and oxygen atoms in total. The number of nitrogens with zero attached hydrogens (tertiary/aromatic N) is 1. The van der Waals surface area contributed by atoms with Crippen LogP contribution < -0.4 is 5.32 Å². The van der Waals surface area contributed by atoms with E-state index in [0.717, 1.165) is 18.2 Å². The van der Waals surface area contributed by atoms with Crippen LogP contribution in [0, 0.1) is 16.0 Å². The highest BCUT2D eigenvalue weighted by molar-refractivity contribution is 5.98. The minimum atomic E-state index is -1.32. The van der Waals surface area contributed by atoms with E-state index in [1.54, 1.807) is 0 Å². The monoisotopic (exact) mass is 266 g/mol. The Balaban J connectivity index is 3.09. The van der Waals surface area contributed by atoms with Crippen LogP contribution >= 0.6 is 0 Å². The lowest BCUT2D eigenvalue weighted by Crippen LogP contribution is -2.27. The highest BCUT2D eigenvalue weighted by atomic mass is 16.6. The van der Waals surface area contributed by atoms with Gasteiger partial charge in [-0.3, -0.25) is 14.9 Å². The Morgan fingerprint density at radius 3 is 2.37 bits per heavy atom. The molecule has 2 N–H and O–H groups in total. The Morgan fingerprint density at radius 1 is 1.32 bits per heavy atom. The summed E-state index contributed by atoms with van der Waals surface area (Å²) in [5, 5.41) is 22.1. The molecular weight excluding hydrogens is 252 g/mol. The summed E-state index contributed by atoms with van der Waals surface area (Å²) in [6.45, 7) is 4.21. The van der Waals surface area contributed by atoms with Crippen molar-refractivity contribution < 1.29 is 19.6 Å². The molecule has 102 valence electrons. The predicted octanol–water partition coefficient (Wildman–Crippen LogP) is 1.68. The number of carbonyl (C=O) groups is 2. The molecule has 0 atom stereocenters. The lowest BCUT2D eigenvalue weighted by Gasteiger charge is -2.08. The minimum Gasteiger partial charge on any atom is -0.478 e. The van der Waals surface area contributed by atoms with Crippen molar-refractivity contribution in [2.24, 2.45) is 5.92 Å². The number of nitrogens with one attached hydrogen (secondary N) is 1. The first-order valence-electron chi connectivity index (χ1n) is 5.62. The van der Waals surface area contributed by atoms with E-state index in [4.69, 9.17) is 5.11 Å². The smallest absolute Gasteiger partial charge is 0.335 e. The summed E-state index contributed by atoms with van der Waals surface area (Å²) in [5.41, 5.74) is -0.745. The van der Waals surface area contributed by atoms with E-state index in [9.17, 15) is 19.7 Å². The Morgan fingerprint density at radius 2 is 1.89 bits per heavy atom. The van der Waals surface area contributed by atoms with Crippen molar-refractivity contribution in [2.45, 2.75) is 13.8 Å². The van der Waals surface area contributed by atoms with Crippen LogP contribution in [0.1, 0.15) is 34.6 Å². The van der Waals surface area contributed by atoms with Crippen molar-refractivity contribution in [3.8, 4) is 0 Å². The standard InChI is InChI=1S/C12H14N2O5/c1-7(2)6-13-11(15)8-3-9(12(16)17)5-10(4-8)14(18)19/h3-5,7H,6H2,1-2H3,(H,13,15)(H,16,17). The lowest BCUT2D eigenvalue weighted by molar-refractivity contribution is -0.384. The van der Waals surface area contributed by atoms with Gasteiger partial charge in [0.1, 0.15) is 0 Å². The molecule has 0 aromatic heterocycles. The molecular formula is C12H14N2O5.